The topological polar surface area (TPSA) is 107 Å². The summed E-state index contributed by atoms with van der Waals surface area (Å²) in [6, 6.07) is 6.82. The highest BCUT2D eigenvalue weighted by atomic mass is 127. The summed E-state index contributed by atoms with van der Waals surface area (Å²) in [5, 5.41) is 13.7. The molecule has 0 amide bonds. The number of halogens is 2. The summed E-state index contributed by atoms with van der Waals surface area (Å²) in [6.45, 7) is 2.05. The number of furan rings is 1. The van der Waals surface area contributed by atoms with Gasteiger partial charge >= 0.3 is 0 Å². The van der Waals surface area contributed by atoms with Gasteiger partial charge in [-0.2, -0.15) is 5.10 Å². The van der Waals surface area contributed by atoms with Crippen LogP contribution in [0.3, 0.4) is 0 Å². The van der Waals surface area contributed by atoms with Gasteiger partial charge in [-0.3, -0.25) is 10.1 Å². The molecule has 3 aromatic rings. The predicted molar refractivity (Wildman–Crippen MR) is 123 cm³/mol. The van der Waals surface area contributed by atoms with Crippen molar-refractivity contribution in [3.8, 4) is 11.6 Å². The van der Waals surface area contributed by atoms with Gasteiger partial charge in [-0.1, -0.05) is 0 Å². The van der Waals surface area contributed by atoms with E-state index in [1.54, 1.807) is 31.6 Å². The first-order chi connectivity index (χ1) is 14.2. The number of hydrogen-bond acceptors (Lipinski definition) is 6. The van der Waals surface area contributed by atoms with Gasteiger partial charge in [0.2, 0.25) is 5.82 Å². The number of nitrogens with one attached hydrogen (secondary N) is 3. The SMILES string of the molecule is CN=C(NCCc1nc(-c2ccco2)n[nH]1)NC1CCN(c2ncccc2F)C1.I. The van der Waals surface area contributed by atoms with E-state index >= 15 is 0 Å². The molecule has 0 spiro atoms. The van der Waals surface area contributed by atoms with Crippen LogP contribution in [-0.4, -0.2) is 58.8 Å². The van der Waals surface area contributed by atoms with E-state index in [1.165, 1.54) is 6.07 Å². The number of guanidine groups is 1. The maximum absolute atomic E-state index is 13.9. The first-order valence-corrected chi connectivity index (χ1v) is 9.50. The van der Waals surface area contributed by atoms with Crippen LogP contribution in [0.25, 0.3) is 11.6 Å². The second-order valence-corrected chi connectivity index (χ2v) is 6.72. The van der Waals surface area contributed by atoms with Gasteiger partial charge < -0.3 is 20.0 Å². The maximum Gasteiger partial charge on any atom is 0.216 e. The van der Waals surface area contributed by atoms with Crippen LogP contribution in [0.15, 0.2) is 46.1 Å². The van der Waals surface area contributed by atoms with Crippen molar-refractivity contribution >= 4 is 35.8 Å². The zero-order chi connectivity index (χ0) is 20.1. The van der Waals surface area contributed by atoms with E-state index in [0.717, 1.165) is 18.8 Å². The number of aromatic nitrogens is 4. The lowest BCUT2D eigenvalue weighted by molar-refractivity contribution is 0.577. The molecule has 11 heteroatoms. The van der Waals surface area contributed by atoms with Crippen molar-refractivity contribution < 1.29 is 8.81 Å². The van der Waals surface area contributed by atoms with Gasteiger partial charge in [0.1, 0.15) is 5.82 Å². The molecule has 1 aliphatic rings. The second kappa shape index (κ2) is 10.4. The van der Waals surface area contributed by atoms with Crippen LogP contribution in [0, 0.1) is 5.82 Å². The molecule has 0 aliphatic carbocycles. The lowest BCUT2D eigenvalue weighted by Crippen LogP contribution is -2.45. The summed E-state index contributed by atoms with van der Waals surface area (Å²) in [5.74, 6) is 2.74. The van der Waals surface area contributed by atoms with Crippen molar-refractivity contribution in [3.05, 3.63) is 48.4 Å². The van der Waals surface area contributed by atoms with Crippen molar-refractivity contribution in [1.29, 1.82) is 0 Å². The maximum atomic E-state index is 13.9. The van der Waals surface area contributed by atoms with E-state index in [4.69, 9.17) is 4.42 Å². The zero-order valence-corrected chi connectivity index (χ0v) is 18.8. The molecular formula is C19H24FIN8O. The Balaban J connectivity index is 0.00000256. The second-order valence-electron chi connectivity index (χ2n) is 6.72. The summed E-state index contributed by atoms with van der Waals surface area (Å²) >= 11 is 0. The summed E-state index contributed by atoms with van der Waals surface area (Å²) < 4.78 is 19.2. The lowest BCUT2D eigenvalue weighted by Gasteiger charge is -2.19. The average Bonchev–Trinajstić information content (AvgIpc) is 3.49. The number of nitrogens with zero attached hydrogens (tertiary/aromatic N) is 5. The highest BCUT2D eigenvalue weighted by molar-refractivity contribution is 14.0. The van der Waals surface area contributed by atoms with Gasteiger partial charge in [-0.05, 0) is 30.7 Å². The minimum absolute atomic E-state index is 0. The van der Waals surface area contributed by atoms with Crippen molar-refractivity contribution in [2.75, 3.05) is 31.6 Å². The first kappa shape index (κ1) is 22.0. The van der Waals surface area contributed by atoms with Gasteiger partial charge in [0.05, 0.1) is 6.26 Å². The molecule has 1 unspecified atom stereocenters. The van der Waals surface area contributed by atoms with Crippen LogP contribution in [-0.2, 0) is 6.42 Å². The number of aromatic amines is 1. The van der Waals surface area contributed by atoms with Gasteiger partial charge in [-0.25, -0.2) is 14.4 Å². The van der Waals surface area contributed by atoms with Crippen molar-refractivity contribution in [1.82, 2.24) is 30.8 Å². The van der Waals surface area contributed by atoms with E-state index in [9.17, 15) is 4.39 Å². The van der Waals surface area contributed by atoms with E-state index in [0.29, 0.717) is 42.9 Å². The van der Waals surface area contributed by atoms with Crippen LogP contribution in [0.2, 0.25) is 0 Å². The van der Waals surface area contributed by atoms with Gasteiger partial charge in [-0.15, -0.1) is 24.0 Å². The molecule has 30 heavy (non-hydrogen) atoms. The summed E-state index contributed by atoms with van der Waals surface area (Å²) in [6.07, 6.45) is 4.74. The molecule has 1 fully saturated rings. The molecule has 3 aromatic heterocycles. The van der Waals surface area contributed by atoms with Crippen LogP contribution in [0.5, 0.6) is 0 Å². The number of anilines is 1. The Morgan fingerprint density at radius 3 is 3.07 bits per heavy atom. The van der Waals surface area contributed by atoms with Crippen molar-refractivity contribution in [3.63, 3.8) is 0 Å². The molecule has 0 radical (unpaired) electrons. The Bertz CT molecular complexity index is 961. The molecular weight excluding hydrogens is 502 g/mol. The molecule has 4 heterocycles. The predicted octanol–water partition coefficient (Wildman–Crippen LogP) is 2.20. The molecule has 1 aliphatic heterocycles. The fourth-order valence-corrected chi connectivity index (χ4v) is 3.29. The standard InChI is InChI=1S/C19H23FN8O.HI/c1-21-19(23-9-6-16-25-17(27-26-16)15-5-3-11-29-15)24-13-7-10-28(12-13)18-14(20)4-2-8-22-18;/h2-5,8,11,13H,6-7,9-10,12H2,1H3,(H2,21,23,24)(H,25,26,27);1H. The normalized spacial score (nSPS) is 16.4. The van der Waals surface area contributed by atoms with Gasteiger partial charge in [0.15, 0.2) is 23.4 Å². The number of H-pyrrole nitrogens is 1. The summed E-state index contributed by atoms with van der Waals surface area (Å²) in [5.41, 5.74) is 0. The van der Waals surface area contributed by atoms with Crippen LogP contribution in [0.1, 0.15) is 12.2 Å². The minimum atomic E-state index is -0.295. The number of pyridine rings is 1. The minimum Gasteiger partial charge on any atom is -0.461 e. The Labute approximate surface area is 190 Å². The molecule has 0 aromatic carbocycles. The monoisotopic (exact) mass is 526 g/mol. The van der Waals surface area contributed by atoms with E-state index in [2.05, 4.69) is 35.8 Å². The fraction of sp³-hybridized carbons (Fsp3) is 0.368. The third kappa shape index (κ3) is 5.26. The van der Waals surface area contributed by atoms with E-state index < -0.39 is 0 Å². The number of aliphatic imine (C=N–C) groups is 1. The highest BCUT2D eigenvalue weighted by Gasteiger charge is 2.25. The molecule has 1 atom stereocenters. The number of hydrogen-bond donors (Lipinski definition) is 3. The Morgan fingerprint density at radius 2 is 2.30 bits per heavy atom. The van der Waals surface area contributed by atoms with Gasteiger partial charge in [0, 0.05) is 45.3 Å². The first-order valence-electron chi connectivity index (χ1n) is 9.50. The largest absolute Gasteiger partial charge is 0.461 e. The third-order valence-electron chi connectivity index (χ3n) is 4.72. The average molecular weight is 526 g/mol. The Hall–Kier alpha value is -2.70. The molecule has 0 saturated carbocycles. The van der Waals surface area contributed by atoms with Crippen molar-refractivity contribution in [2.24, 2.45) is 4.99 Å². The molecule has 4 rings (SSSR count). The zero-order valence-electron chi connectivity index (χ0n) is 16.5. The lowest BCUT2D eigenvalue weighted by atomic mass is 10.3. The summed E-state index contributed by atoms with van der Waals surface area (Å²) in [4.78, 5) is 14.8. The Morgan fingerprint density at radius 1 is 1.40 bits per heavy atom. The molecule has 160 valence electrons. The van der Waals surface area contributed by atoms with Crippen LogP contribution >= 0.6 is 24.0 Å². The molecule has 3 N–H and O–H groups in total. The van der Waals surface area contributed by atoms with E-state index in [1.807, 2.05) is 11.0 Å². The quantitative estimate of drug-likeness (QED) is 0.257. The highest BCUT2D eigenvalue weighted by Crippen LogP contribution is 2.20. The smallest absolute Gasteiger partial charge is 0.216 e. The van der Waals surface area contributed by atoms with Gasteiger partial charge in [0.25, 0.3) is 0 Å². The van der Waals surface area contributed by atoms with Crippen LogP contribution in [0.4, 0.5) is 10.2 Å². The Kier molecular flexibility index (Phi) is 7.60. The number of rotatable bonds is 6. The molecule has 0 bridgehead atoms. The molecule has 1 saturated heterocycles. The van der Waals surface area contributed by atoms with Crippen LogP contribution < -0.4 is 15.5 Å². The molecule has 9 nitrogen and oxygen atoms in total. The van der Waals surface area contributed by atoms with E-state index in [-0.39, 0.29) is 35.8 Å². The third-order valence-corrected chi connectivity index (χ3v) is 4.72. The van der Waals surface area contributed by atoms with Crippen molar-refractivity contribution in [2.45, 2.75) is 18.9 Å². The fourth-order valence-electron chi connectivity index (χ4n) is 3.29. The summed E-state index contributed by atoms with van der Waals surface area (Å²) in [7, 11) is 1.73.